The second kappa shape index (κ2) is 6.94. The molecule has 120 valence electrons. The minimum absolute atomic E-state index is 0.440. The molecular formula is C15H27N3O2S. The van der Waals surface area contributed by atoms with Crippen molar-refractivity contribution in [2.45, 2.75) is 51.1 Å². The summed E-state index contributed by atoms with van der Waals surface area (Å²) in [5.74, 6) is 0.447. The molecule has 1 N–H and O–H groups in total. The standard InChI is InChI=1S/C15H27N3O2S/c1-4-7-17-12-15(9-14(17)10-16-3)21(19,20)18-8-5-6-13(2)11-18/h9,12-13,16H,4-8,10-11H2,1-3H3. The maximum absolute atomic E-state index is 12.8. The minimum Gasteiger partial charge on any atom is -0.349 e. The van der Waals surface area contributed by atoms with Gasteiger partial charge in [-0.3, -0.25) is 0 Å². The van der Waals surface area contributed by atoms with E-state index < -0.39 is 10.0 Å². The molecule has 0 saturated carbocycles. The van der Waals surface area contributed by atoms with Gasteiger partial charge in [0, 0.05) is 38.1 Å². The Bertz CT molecular complexity index is 542. The quantitative estimate of drug-likeness (QED) is 0.874. The monoisotopic (exact) mass is 313 g/mol. The Morgan fingerprint density at radius 1 is 1.43 bits per heavy atom. The molecule has 1 atom stereocenters. The van der Waals surface area contributed by atoms with E-state index in [-0.39, 0.29) is 0 Å². The number of hydrogen-bond acceptors (Lipinski definition) is 3. The van der Waals surface area contributed by atoms with Gasteiger partial charge in [-0.25, -0.2) is 8.42 Å². The molecule has 2 rings (SSSR count). The smallest absolute Gasteiger partial charge is 0.244 e. The van der Waals surface area contributed by atoms with E-state index in [2.05, 4.69) is 23.7 Å². The number of aromatic nitrogens is 1. The third-order valence-electron chi connectivity index (χ3n) is 4.04. The zero-order valence-electron chi connectivity index (χ0n) is 13.3. The predicted octanol–water partition coefficient (Wildman–Crippen LogP) is 2.04. The van der Waals surface area contributed by atoms with Crippen LogP contribution < -0.4 is 5.32 Å². The van der Waals surface area contributed by atoms with Crippen LogP contribution in [-0.2, 0) is 23.1 Å². The molecule has 1 saturated heterocycles. The van der Waals surface area contributed by atoms with Gasteiger partial charge in [0.15, 0.2) is 0 Å². The van der Waals surface area contributed by atoms with Crippen molar-refractivity contribution in [2.75, 3.05) is 20.1 Å². The van der Waals surface area contributed by atoms with Gasteiger partial charge in [0.05, 0.1) is 0 Å². The van der Waals surface area contributed by atoms with Crippen molar-refractivity contribution < 1.29 is 8.42 Å². The molecule has 1 aromatic heterocycles. The summed E-state index contributed by atoms with van der Waals surface area (Å²) in [6.45, 7) is 7.05. The molecule has 0 aromatic carbocycles. The number of nitrogens with zero attached hydrogens (tertiary/aromatic N) is 2. The molecule has 1 fully saturated rings. The number of piperidine rings is 1. The van der Waals surface area contributed by atoms with Crippen LogP contribution in [0.2, 0.25) is 0 Å². The number of rotatable bonds is 6. The Labute approximate surface area is 128 Å². The molecule has 1 aromatic rings. The molecule has 1 aliphatic heterocycles. The highest BCUT2D eigenvalue weighted by Gasteiger charge is 2.29. The first-order chi connectivity index (χ1) is 9.98. The van der Waals surface area contributed by atoms with E-state index in [1.165, 1.54) is 0 Å². The Kier molecular flexibility index (Phi) is 5.46. The zero-order valence-corrected chi connectivity index (χ0v) is 14.1. The first kappa shape index (κ1) is 16.5. The zero-order chi connectivity index (χ0) is 15.5. The van der Waals surface area contributed by atoms with Crippen LogP contribution >= 0.6 is 0 Å². The van der Waals surface area contributed by atoms with Crippen molar-refractivity contribution in [3.05, 3.63) is 18.0 Å². The lowest BCUT2D eigenvalue weighted by Crippen LogP contribution is -2.38. The topological polar surface area (TPSA) is 54.3 Å². The summed E-state index contributed by atoms with van der Waals surface area (Å²) in [5, 5.41) is 3.10. The molecule has 0 bridgehead atoms. The molecule has 0 radical (unpaired) electrons. The lowest BCUT2D eigenvalue weighted by Gasteiger charge is -2.29. The van der Waals surface area contributed by atoms with Crippen LogP contribution in [-0.4, -0.2) is 37.4 Å². The summed E-state index contributed by atoms with van der Waals surface area (Å²) in [7, 11) is -1.47. The van der Waals surface area contributed by atoms with Crippen molar-refractivity contribution in [3.8, 4) is 0 Å². The molecule has 0 spiro atoms. The van der Waals surface area contributed by atoms with Crippen molar-refractivity contribution >= 4 is 10.0 Å². The Hall–Kier alpha value is -0.850. The SMILES string of the molecule is CCCn1cc(S(=O)(=O)N2CCCC(C)C2)cc1CNC. The Morgan fingerprint density at radius 3 is 2.81 bits per heavy atom. The highest BCUT2D eigenvalue weighted by Crippen LogP contribution is 2.25. The normalized spacial score (nSPS) is 20.8. The van der Waals surface area contributed by atoms with Gasteiger partial charge in [-0.05, 0) is 38.3 Å². The van der Waals surface area contributed by atoms with Crippen molar-refractivity contribution in [3.63, 3.8) is 0 Å². The largest absolute Gasteiger partial charge is 0.349 e. The number of nitrogens with one attached hydrogen (secondary N) is 1. The van der Waals surface area contributed by atoms with Crippen LogP contribution in [0.15, 0.2) is 17.2 Å². The van der Waals surface area contributed by atoms with E-state index in [1.807, 2.05) is 13.1 Å². The van der Waals surface area contributed by atoms with Crippen molar-refractivity contribution in [1.82, 2.24) is 14.2 Å². The summed E-state index contributed by atoms with van der Waals surface area (Å²) >= 11 is 0. The van der Waals surface area contributed by atoms with Crippen molar-refractivity contribution in [2.24, 2.45) is 5.92 Å². The number of hydrogen-bond donors (Lipinski definition) is 1. The van der Waals surface area contributed by atoms with Gasteiger partial charge in [-0.2, -0.15) is 4.31 Å². The van der Waals surface area contributed by atoms with Crippen LogP contribution in [0.4, 0.5) is 0 Å². The number of sulfonamides is 1. The maximum atomic E-state index is 12.8. The average molecular weight is 313 g/mol. The number of aryl methyl sites for hydroxylation is 1. The average Bonchev–Trinajstić information content (AvgIpc) is 2.84. The van der Waals surface area contributed by atoms with E-state index >= 15 is 0 Å². The highest BCUT2D eigenvalue weighted by atomic mass is 32.2. The Balaban J connectivity index is 2.28. The van der Waals surface area contributed by atoms with Gasteiger partial charge in [0.2, 0.25) is 10.0 Å². The first-order valence-electron chi connectivity index (χ1n) is 7.82. The summed E-state index contributed by atoms with van der Waals surface area (Å²) in [6, 6.07) is 1.82. The summed E-state index contributed by atoms with van der Waals surface area (Å²) in [5.41, 5.74) is 1.03. The molecule has 1 aliphatic rings. The lowest BCUT2D eigenvalue weighted by atomic mass is 10.0. The summed E-state index contributed by atoms with van der Waals surface area (Å²) in [4.78, 5) is 0.440. The third-order valence-corrected chi connectivity index (χ3v) is 5.87. The molecule has 5 nitrogen and oxygen atoms in total. The first-order valence-corrected chi connectivity index (χ1v) is 9.26. The molecule has 6 heteroatoms. The van der Waals surface area contributed by atoms with E-state index in [0.717, 1.165) is 31.5 Å². The second-order valence-electron chi connectivity index (χ2n) is 6.00. The van der Waals surface area contributed by atoms with Crippen LogP contribution in [0.1, 0.15) is 38.8 Å². The molecule has 0 aliphatic carbocycles. The van der Waals surface area contributed by atoms with Gasteiger partial charge in [-0.15, -0.1) is 0 Å². The van der Waals surface area contributed by atoms with Gasteiger partial charge in [0.25, 0.3) is 0 Å². The van der Waals surface area contributed by atoms with E-state index in [1.54, 1.807) is 10.5 Å². The van der Waals surface area contributed by atoms with Gasteiger partial charge in [0.1, 0.15) is 4.90 Å². The fourth-order valence-corrected chi connectivity index (χ4v) is 4.62. The minimum atomic E-state index is -3.35. The second-order valence-corrected chi connectivity index (χ2v) is 7.94. The molecule has 0 amide bonds. The Morgan fingerprint density at radius 2 is 2.19 bits per heavy atom. The highest BCUT2D eigenvalue weighted by molar-refractivity contribution is 7.89. The fourth-order valence-electron chi connectivity index (χ4n) is 2.96. The molecule has 1 unspecified atom stereocenters. The molecule has 21 heavy (non-hydrogen) atoms. The van der Waals surface area contributed by atoms with E-state index in [0.29, 0.717) is 30.4 Å². The van der Waals surface area contributed by atoms with E-state index in [4.69, 9.17) is 0 Å². The van der Waals surface area contributed by atoms with Crippen LogP contribution in [0, 0.1) is 5.92 Å². The lowest BCUT2D eigenvalue weighted by molar-refractivity contribution is 0.281. The molecular weight excluding hydrogens is 286 g/mol. The van der Waals surface area contributed by atoms with Gasteiger partial charge >= 0.3 is 0 Å². The maximum Gasteiger partial charge on any atom is 0.244 e. The van der Waals surface area contributed by atoms with Crippen LogP contribution in [0.3, 0.4) is 0 Å². The van der Waals surface area contributed by atoms with Gasteiger partial charge in [-0.1, -0.05) is 13.8 Å². The summed E-state index contributed by atoms with van der Waals surface area (Å²) in [6.07, 6.45) is 4.86. The molecule has 2 heterocycles. The fraction of sp³-hybridized carbons (Fsp3) is 0.733. The van der Waals surface area contributed by atoms with E-state index in [9.17, 15) is 8.42 Å². The van der Waals surface area contributed by atoms with Gasteiger partial charge < -0.3 is 9.88 Å². The summed E-state index contributed by atoms with van der Waals surface area (Å²) < 4.78 is 29.3. The predicted molar refractivity (Wildman–Crippen MR) is 84.6 cm³/mol. The van der Waals surface area contributed by atoms with Crippen LogP contribution in [0.5, 0.6) is 0 Å². The third kappa shape index (κ3) is 3.67. The van der Waals surface area contributed by atoms with Crippen molar-refractivity contribution in [1.29, 1.82) is 0 Å². The van der Waals surface area contributed by atoms with Crippen LogP contribution in [0.25, 0.3) is 0 Å².